The molecule has 1 atom stereocenters. The Morgan fingerprint density at radius 2 is 2.35 bits per heavy atom. The Bertz CT molecular complexity index is 690. The Kier molecular flexibility index (Phi) is 4.61. The molecule has 0 N–H and O–H groups in total. The van der Waals surface area contributed by atoms with Crippen LogP contribution in [-0.4, -0.2) is 56.8 Å². The third kappa shape index (κ3) is 3.70. The molecule has 0 saturated carbocycles. The molecule has 122 valence electrons. The zero-order valence-corrected chi connectivity index (χ0v) is 12.9. The fourth-order valence-corrected chi connectivity index (χ4v) is 2.47. The summed E-state index contributed by atoms with van der Waals surface area (Å²) in [5, 5.41) is 11.9. The van der Waals surface area contributed by atoms with Crippen molar-refractivity contribution in [2.45, 2.75) is 26.0 Å². The third-order valence-corrected chi connectivity index (χ3v) is 3.76. The van der Waals surface area contributed by atoms with Crippen LogP contribution in [0.3, 0.4) is 0 Å². The molecule has 2 aromatic rings. The minimum Gasteiger partial charge on any atom is -0.375 e. The number of amides is 1. The number of hydrogen-bond donors (Lipinski definition) is 0. The molecule has 1 unspecified atom stereocenters. The summed E-state index contributed by atoms with van der Waals surface area (Å²) in [7, 11) is 0. The normalized spacial score (nSPS) is 18.2. The smallest absolute Gasteiger partial charge is 0.246 e. The minimum atomic E-state index is -0.367. The molecule has 1 saturated heterocycles. The van der Waals surface area contributed by atoms with Gasteiger partial charge in [-0.25, -0.2) is 4.39 Å². The Morgan fingerprint density at radius 3 is 3.13 bits per heavy atom. The van der Waals surface area contributed by atoms with E-state index in [2.05, 4.69) is 15.4 Å². The zero-order valence-electron chi connectivity index (χ0n) is 12.9. The van der Waals surface area contributed by atoms with Crippen molar-refractivity contribution < 1.29 is 13.9 Å². The molecule has 0 spiro atoms. The number of rotatable bonds is 4. The number of halogens is 1. The number of hydrogen-bond acceptors (Lipinski definition) is 5. The van der Waals surface area contributed by atoms with Crippen molar-refractivity contribution in [2.75, 3.05) is 19.7 Å². The number of nitrogens with zero attached hydrogens (tertiary/aromatic N) is 5. The van der Waals surface area contributed by atoms with Gasteiger partial charge in [-0.1, -0.05) is 19.1 Å². The highest BCUT2D eigenvalue weighted by Gasteiger charge is 2.23. The predicted octanol–water partition coefficient (Wildman–Crippen LogP) is 1.12. The van der Waals surface area contributed by atoms with Crippen LogP contribution in [-0.2, 0) is 16.1 Å². The summed E-state index contributed by atoms with van der Waals surface area (Å²) in [6.07, 6.45) is 0.953. The second-order valence-corrected chi connectivity index (χ2v) is 5.39. The lowest BCUT2D eigenvalue weighted by Crippen LogP contribution is -2.46. The van der Waals surface area contributed by atoms with Crippen molar-refractivity contribution in [2.24, 2.45) is 0 Å². The molecule has 0 bridgehead atoms. The lowest BCUT2D eigenvalue weighted by molar-refractivity contribution is -0.139. The van der Waals surface area contributed by atoms with Crippen molar-refractivity contribution in [1.29, 1.82) is 0 Å². The summed E-state index contributed by atoms with van der Waals surface area (Å²) in [5.41, 5.74) is 0.529. The largest absolute Gasteiger partial charge is 0.375 e. The van der Waals surface area contributed by atoms with E-state index in [9.17, 15) is 9.18 Å². The molecule has 23 heavy (non-hydrogen) atoms. The summed E-state index contributed by atoms with van der Waals surface area (Å²) < 4.78 is 18.8. The van der Waals surface area contributed by atoms with E-state index in [-0.39, 0.29) is 24.4 Å². The van der Waals surface area contributed by atoms with Crippen molar-refractivity contribution in [3.63, 3.8) is 0 Å². The lowest BCUT2D eigenvalue weighted by Gasteiger charge is -2.32. The molecule has 1 amide bonds. The van der Waals surface area contributed by atoms with E-state index in [1.807, 2.05) is 6.92 Å². The van der Waals surface area contributed by atoms with Gasteiger partial charge in [-0.15, -0.1) is 10.2 Å². The third-order valence-electron chi connectivity index (χ3n) is 3.76. The number of tetrazole rings is 1. The number of benzene rings is 1. The van der Waals surface area contributed by atoms with E-state index in [1.54, 1.807) is 17.0 Å². The van der Waals surface area contributed by atoms with Gasteiger partial charge >= 0.3 is 0 Å². The SMILES string of the molecule is CCC1CN(C(=O)Cn2nnc(-c3cccc(F)c3)n2)CCO1. The number of carbonyl (C=O) groups is 1. The Hall–Kier alpha value is -2.35. The minimum absolute atomic E-state index is 0.0126. The molecular formula is C15H18FN5O2. The molecule has 2 heterocycles. The van der Waals surface area contributed by atoms with E-state index in [0.29, 0.717) is 31.1 Å². The quantitative estimate of drug-likeness (QED) is 0.844. The highest BCUT2D eigenvalue weighted by atomic mass is 19.1. The average molecular weight is 319 g/mol. The number of morpholine rings is 1. The van der Waals surface area contributed by atoms with Gasteiger partial charge in [0, 0.05) is 18.7 Å². The first-order chi connectivity index (χ1) is 11.2. The predicted molar refractivity (Wildman–Crippen MR) is 79.8 cm³/mol. The molecular weight excluding hydrogens is 301 g/mol. The van der Waals surface area contributed by atoms with Crippen LogP contribution in [0.4, 0.5) is 4.39 Å². The van der Waals surface area contributed by atoms with E-state index >= 15 is 0 Å². The van der Waals surface area contributed by atoms with E-state index < -0.39 is 0 Å². The van der Waals surface area contributed by atoms with Crippen LogP contribution in [0.15, 0.2) is 24.3 Å². The standard InChI is InChI=1S/C15H18FN5O2/c1-2-13-9-20(6-7-23-13)14(22)10-21-18-15(17-19-21)11-4-3-5-12(16)8-11/h3-5,8,13H,2,6-7,9-10H2,1H3. The summed E-state index contributed by atoms with van der Waals surface area (Å²) in [6.45, 7) is 3.74. The molecule has 1 aromatic carbocycles. The molecule has 3 rings (SSSR count). The van der Waals surface area contributed by atoms with Crippen LogP contribution in [0, 0.1) is 5.82 Å². The number of ether oxygens (including phenoxy) is 1. The first-order valence-corrected chi connectivity index (χ1v) is 7.59. The monoisotopic (exact) mass is 319 g/mol. The van der Waals surface area contributed by atoms with Crippen LogP contribution in [0.5, 0.6) is 0 Å². The van der Waals surface area contributed by atoms with Gasteiger partial charge < -0.3 is 9.64 Å². The van der Waals surface area contributed by atoms with E-state index in [4.69, 9.17) is 4.74 Å². The topological polar surface area (TPSA) is 73.1 Å². The second kappa shape index (κ2) is 6.82. The molecule has 8 heteroatoms. The maximum absolute atomic E-state index is 13.2. The Labute approximate surface area is 133 Å². The number of aromatic nitrogens is 4. The Balaban J connectivity index is 1.66. The molecule has 0 radical (unpaired) electrons. The van der Waals surface area contributed by atoms with Crippen LogP contribution in [0.25, 0.3) is 11.4 Å². The summed E-state index contributed by atoms with van der Waals surface area (Å²) >= 11 is 0. The van der Waals surface area contributed by atoms with Crippen LogP contribution in [0.1, 0.15) is 13.3 Å². The highest BCUT2D eigenvalue weighted by molar-refractivity contribution is 5.76. The van der Waals surface area contributed by atoms with Gasteiger partial charge in [-0.3, -0.25) is 4.79 Å². The first kappa shape index (κ1) is 15.5. The van der Waals surface area contributed by atoms with Crippen molar-refractivity contribution >= 4 is 5.91 Å². The Morgan fingerprint density at radius 1 is 1.48 bits per heavy atom. The summed E-state index contributed by atoms with van der Waals surface area (Å²) in [5.74, 6) is -0.144. The molecule has 1 aliphatic rings. The molecule has 1 fully saturated rings. The summed E-state index contributed by atoms with van der Waals surface area (Å²) in [6, 6.07) is 5.95. The van der Waals surface area contributed by atoms with Crippen molar-refractivity contribution in [3.05, 3.63) is 30.1 Å². The fourth-order valence-electron chi connectivity index (χ4n) is 2.47. The lowest BCUT2D eigenvalue weighted by atomic mass is 10.2. The molecule has 1 aliphatic heterocycles. The van der Waals surface area contributed by atoms with Crippen molar-refractivity contribution in [1.82, 2.24) is 25.1 Å². The van der Waals surface area contributed by atoms with Crippen molar-refractivity contribution in [3.8, 4) is 11.4 Å². The van der Waals surface area contributed by atoms with Gasteiger partial charge in [0.25, 0.3) is 0 Å². The molecule has 1 aromatic heterocycles. The maximum Gasteiger partial charge on any atom is 0.246 e. The van der Waals surface area contributed by atoms with Crippen LogP contribution in [0.2, 0.25) is 0 Å². The van der Waals surface area contributed by atoms with Gasteiger partial charge in [0.15, 0.2) is 0 Å². The van der Waals surface area contributed by atoms with Gasteiger partial charge in [-0.05, 0) is 23.8 Å². The zero-order chi connectivity index (χ0) is 16.2. The highest BCUT2D eigenvalue weighted by Crippen LogP contribution is 2.14. The summed E-state index contributed by atoms with van der Waals surface area (Å²) in [4.78, 5) is 15.3. The first-order valence-electron chi connectivity index (χ1n) is 7.59. The molecule has 0 aliphatic carbocycles. The maximum atomic E-state index is 13.2. The van der Waals surface area contributed by atoms with Gasteiger partial charge in [0.1, 0.15) is 12.4 Å². The van der Waals surface area contributed by atoms with E-state index in [1.165, 1.54) is 16.9 Å². The van der Waals surface area contributed by atoms with Gasteiger partial charge in [-0.2, -0.15) is 4.80 Å². The van der Waals surface area contributed by atoms with E-state index in [0.717, 1.165) is 6.42 Å². The van der Waals surface area contributed by atoms with Crippen LogP contribution >= 0.6 is 0 Å². The fraction of sp³-hybridized carbons (Fsp3) is 0.467. The van der Waals surface area contributed by atoms with Crippen LogP contribution < -0.4 is 0 Å². The number of carbonyl (C=O) groups excluding carboxylic acids is 1. The molecule has 7 nitrogen and oxygen atoms in total. The van der Waals surface area contributed by atoms with Gasteiger partial charge in [0.05, 0.1) is 12.7 Å². The second-order valence-electron chi connectivity index (χ2n) is 5.39. The average Bonchev–Trinajstić information content (AvgIpc) is 3.03. The van der Waals surface area contributed by atoms with Gasteiger partial charge in [0.2, 0.25) is 11.7 Å².